The first-order valence-corrected chi connectivity index (χ1v) is 5.11. The van der Waals surface area contributed by atoms with E-state index in [4.69, 9.17) is 17.3 Å². The summed E-state index contributed by atoms with van der Waals surface area (Å²) in [5.41, 5.74) is 6.92. The zero-order valence-corrected chi connectivity index (χ0v) is 9.43. The number of hydrogen-bond donors (Lipinski definition) is 2. The molecule has 2 nitrogen and oxygen atoms in total. The van der Waals surface area contributed by atoms with E-state index in [2.05, 4.69) is 12.2 Å². The molecule has 1 unspecified atom stereocenters. The maximum Gasteiger partial charge on any atom is 0.0406 e. The highest BCUT2D eigenvalue weighted by molar-refractivity contribution is 6.30. The molecule has 0 fully saturated rings. The molecule has 1 atom stereocenters. The quantitative estimate of drug-likeness (QED) is 0.799. The Hall–Kier alpha value is -0.570. The lowest BCUT2D eigenvalue weighted by Crippen LogP contribution is -2.48. The molecule has 0 aliphatic rings. The van der Waals surface area contributed by atoms with Crippen molar-refractivity contribution in [1.82, 2.24) is 5.32 Å². The summed E-state index contributed by atoms with van der Waals surface area (Å²) in [4.78, 5) is 0. The molecule has 0 bridgehead atoms. The van der Waals surface area contributed by atoms with Gasteiger partial charge in [0.25, 0.3) is 0 Å². The van der Waals surface area contributed by atoms with E-state index in [1.54, 1.807) is 0 Å². The molecule has 3 heteroatoms. The number of rotatable bonds is 4. The summed E-state index contributed by atoms with van der Waals surface area (Å²) in [5.74, 6) is 0. The average Bonchev–Trinajstić information content (AvgIpc) is 2.21. The molecule has 78 valence electrons. The van der Waals surface area contributed by atoms with E-state index >= 15 is 0 Å². The van der Waals surface area contributed by atoms with Crippen LogP contribution in [0.2, 0.25) is 5.02 Å². The third-order valence-corrected chi connectivity index (χ3v) is 2.81. The fraction of sp³-hybridized carbons (Fsp3) is 0.455. The first-order chi connectivity index (χ1) is 6.59. The van der Waals surface area contributed by atoms with E-state index in [0.717, 1.165) is 11.4 Å². The summed E-state index contributed by atoms with van der Waals surface area (Å²) in [7, 11) is 1.93. The van der Waals surface area contributed by atoms with Crippen LogP contribution in [0.5, 0.6) is 0 Å². The lowest BCUT2D eigenvalue weighted by atomic mass is 9.93. The number of nitrogens with two attached hydrogens (primary N) is 1. The molecular formula is C11H17ClN2. The van der Waals surface area contributed by atoms with Crippen LogP contribution < -0.4 is 11.1 Å². The zero-order chi connectivity index (χ0) is 10.6. The molecule has 0 aliphatic heterocycles. The number of halogens is 1. The van der Waals surface area contributed by atoms with E-state index in [-0.39, 0.29) is 5.54 Å². The van der Waals surface area contributed by atoms with Gasteiger partial charge in [-0.3, -0.25) is 0 Å². The lowest BCUT2D eigenvalue weighted by Gasteiger charge is -2.27. The molecule has 0 heterocycles. The minimum Gasteiger partial charge on any atom is -0.329 e. The highest BCUT2D eigenvalue weighted by Gasteiger charge is 2.19. The van der Waals surface area contributed by atoms with Crippen LogP contribution in [0.1, 0.15) is 12.5 Å². The molecule has 0 amide bonds. The van der Waals surface area contributed by atoms with Crippen LogP contribution in [0.3, 0.4) is 0 Å². The van der Waals surface area contributed by atoms with Gasteiger partial charge in [0.2, 0.25) is 0 Å². The van der Waals surface area contributed by atoms with Crippen LogP contribution in [0.15, 0.2) is 24.3 Å². The number of nitrogens with one attached hydrogen (secondary N) is 1. The van der Waals surface area contributed by atoms with E-state index in [9.17, 15) is 0 Å². The third-order valence-electron chi connectivity index (χ3n) is 2.56. The monoisotopic (exact) mass is 212 g/mol. The summed E-state index contributed by atoms with van der Waals surface area (Å²) in [6.07, 6.45) is 0.914. The molecule has 14 heavy (non-hydrogen) atoms. The maximum atomic E-state index is 5.81. The fourth-order valence-corrected chi connectivity index (χ4v) is 1.44. The molecule has 0 spiro atoms. The van der Waals surface area contributed by atoms with Gasteiger partial charge in [0.15, 0.2) is 0 Å². The highest BCUT2D eigenvalue weighted by Crippen LogP contribution is 2.14. The van der Waals surface area contributed by atoms with Crippen molar-refractivity contribution >= 4 is 11.6 Å². The van der Waals surface area contributed by atoms with Gasteiger partial charge < -0.3 is 11.1 Å². The first kappa shape index (κ1) is 11.5. The summed E-state index contributed by atoms with van der Waals surface area (Å²) < 4.78 is 0. The van der Waals surface area contributed by atoms with E-state index in [1.807, 2.05) is 31.3 Å². The van der Waals surface area contributed by atoms with E-state index in [0.29, 0.717) is 6.54 Å². The molecular weight excluding hydrogens is 196 g/mol. The largest absolute Gasteiger partial charge is 0.329 e. The summed E-state index contributed by atoms with van der Waals surface area (Å²) >= 11 is 5.81. The first-order valence-electron chi connectivity index (χ1n) is 4.73. The second-order valence-electron chi connectivity index (χ2n) is 3.82. The minimum absolute atomic E-state index is 0.0339. The lowest BCUT2D eigenvalue weighted by molar-refractivity contribution is 0.393. The van der Waals surface area contributed by atoms with Crippen molar-refractivity contribution < 1.29 is 0 Å². The molecule has 1 aromatic rings. The van der Waals surface area contributed by atoms with Gasteiger partial charge in [0, 0.05) is 17.1 Å². The third kappa shape index (κ3) is 2.98. The summed E-state index contributed by atoms with van der Waals surface area (Å²) in [5, 5.41) is 4.00. The van der Waals surface area contributed by atoms with Gasteiger partial charge in [-0.05, 0) is 38.1 Å². The van der Waals surface area contributed by atoms with Gasteiger partial charge in [-0.1, -0.05) is 23.7 Å². The normalized spacial score (nSPS) is 15.1. The number of hydrogen-bond acceptors (Lipinski definition) is 2. The molecule has 0 saturated heterocycles. The summed E-state index contributed by atoms with van der Waals surface area (Å²) in [6, 6.07) is 7.88. The van der Waals surface area contributed by atoms with Gasteiger partial charge in [-0.25, -0.2) is 0 Å². The Morgan fingerprint density at radius 3 is 2.36 bits per heavy atom. The van der Waals surface area contributed by atoms with Gasteiger partial charge in [0.1, 0.15) is 0 Å². The standard InChI is InChI=1S/C11H17ClN2/c1-11(8-13,14-2)7-9-3-5-10(12)6-4-9/h3-6,14H,7-8,13H2,1-2H3. The van der Waals surface area contributed by atoms with Gasteiger partial charge in [-0.2, -0.15) is 0 Å². The Bertz CT molecular complexity index is 278. The Labute approximate surface area is 90.4 Å². The van der Waals surface area contributed by atoms with E-state index in [1.165, 1.54) is 5.56 Å². The predicted molar refractivity (Wildman–Crippen MR) is 61.7 cm³/mol. The smallest absolute Gasteiger partial charge is 0.0406 e. The van der Waals surface area contributed by atoms with Crippen LogP contribution in [-0.4, -0.2) is 19.1 Å². The molecule has 3 N–H and O–H groups in total. The number of benzene rings is 1. The molecule has 0 aliphatic carbocycles. The molecule has 0 aromatic heterocycles. The SMILES string of the molecule is CNC(C)(CN)Cc1ccc(Cl)cc1. The molecule has 0 radical (unpaired) electrons. The van der Waals surface area contributed by atoms with Crippen molar-refractivity contribution in [3.05, 3.63) is 34.9 Å². The van der Waals surface area contributed by atoms with Gasteiger partial charge in [-0.15, -0.1) is 0 Å². The maximum absolute atomic E-state index is 5.81. The predicted octanol–water partition coefficient (Wildman–Crippen LogP) is 1.82. The average molecular weight is 213 g/mol. The number of likely N-dealkylation sites (N-methyl/N-ethyl adjacent to an activating group) is 1. The molecule has 0 saturated carbocycles. The zero-order valence-electron chi connectivity index (χ0n) is 8.68. The Kier molecular flexibility index (Phi) is 3.93. The second kappa shape index (κ2) is 4.78. The van der Waals surface area contributed by atoms with E-state index < -0.39 is 0 Å². The van der Waals surface area contributed by atoms with Crippen LogP contribution in [0.4, 0.5) is 0 Å². The van der Waals surface area contributed by atoms with Crippen LogP contribution in [-0.2, 0) is 6.42 Å². The van der Waals surface area contributed by atoms with Crippen molar-refractivity contribution in [3.63, 3.8) is 0 Å². The Balaban J connectivity index is 2.72. The Morgan fingerprint density at radius 1 is 1.36 bits per heavy atom. The summed E-state index contributed by atoms with van der Waals surface area (Å²) in [6.45, 7) is 2.73. The van der Waals surface area contributed by atoms with Crippen LogP contribution >= 0.6 is 11.6 Å². The molecule has 1 rings (SSSR count). The van der Waals surface area contributed by atoms with Crippen LogP contribution in [0, 0.1) is 0 Å². The fourth-order valence-electron chi connectivity index (χ4n) is 1.32. The second-order valence-corrected chi connectivity index (χ2v) is 4.25. The van der Waals surface area contributed by atoms with Crippen molar-refractivity contribution in [1.29, 1.82) is 0 Å². The minimum atomic E-state index is -0.0339. The van der Waals surface area contributed by atoms with Gasteiger partial charge in [0.05, 0.1) is 0 Å². The van der Waals surface area contributed by atoms with Gasteiger partial charge >= 0.3 is 0 Å². The Morgan fingerprint density at radius 2 is 1.93 bits per heavy atom. The van der Waals surface area contributed by atoms with Crippen molar-refractivity contribution in [2.75, 3.05) is 13.6 Å². The van der Waals surface area contributed by atoms with Crippen LogP contribution in [0.25, 0.3) is 0 Å². The van der Waals surface area contributed by atoms with Crippen molar-refractivity contribution in [3.8, 4) is 0 Å². The molecule has 1 aromatic carbocycles. The van der Waals surface area contributed by atoms with Crippen molar-refractivity contribution in [2.24, 2.45) is 5.73 Å². The van der Waals surface area contributed by atoms with Crippen molar-refractivity contribution in [2.45, 2.75) is 18.9 Å². The topological polar surface area (TPSA) is 38.0 Å². The highest BCUT2D eigenvalue weighted by atomic mass is 35.5.